The second kappa shape index (κ2) is 7.75. The molecule has 0 radical (unpaired) electrons. The Morgan fingerprint density at radius 3 is 2.59 bits per heavy atom. The first kappa shape index (κ1) is 15.5. The van der Waals surface area contributed by atoms with Crippen molar-refractivity contribution in [2.24, 2.45) is 0 Å². The molecule has 0 saturated carbocycles. The fraction of sp³-hybridized carbons (Fsp3) is 0.500. The molecule has 1 heterocycles. The summed E-state index contributed by atoms with van der Waals surface area (Å²) in [6.45, 7) is 6.86. The first-order valence-electron chi connectivity index (χ1n) is 8.82. The fourth-order valence-electron chi connectivity index (χ4n) is 3.66. The highest BCUT2D eigenvalue weighted by Gasteiger charge is 2.23. The fourth-order valence-corrected chi connectivity index (χ4v) is 3.66. The molecule has 2 aromatic rings. The number of unbranched alkanes of at least 4 members (excludes halogenated alkanes) is 2. The summed E-state index contributed by atoms with van der Waals surface area (Å²) in [6.07, 6.45) is 5.24. The third-order valence-electron chi connectivity index (χ3n) is 4.86. The van der Waals surface area contributed by atoms with E-state index in [1.807, 2.05) is 0 Å². The van der Waals surface area contributed by atoms with E-state index < -0.39 is 0 Å². The average Bonchev–Trinajstić information content (AvgIpc) is 2.59. The number of rotatable bonds is 6. The molecular formula is C20H28N2. The Kier molecular flexibility index (Phi) is 5.47. The third-order valence-corrected chi connectivity index (χ3v) is 4.86. The summed E-state index contributed by atoms with van der Waals surface area (Å²) in [5, 5.41) is 6.29. The molecule has 3 rings (SSSR count). The molecule has 0 bridgehead atoms. The molecule has 1 aliphatic heterocycles. The summed E-state index contributed by atoms with van der Waals surface area (Å²) in [7, 11) is 0. The Labute approximate surface area is 134 Å². The SMILES string of the molecule is CCCCC[C@H](c1cccc2ccccc12)N1CCNCC1. The van der Waals surface area contributed by atoms with Gasteiger partial charge in [-0.3, -0.25) is 4.90 Å². The summed E-state index contributed by atoms with van der Waals surface area (Å²) < 4.78 is 0. The number of piperazine rings is 1. The van der Waals surface area contributed by atoms with Gasteiger partial charge in [-0.05, 0) is 22.8 Å². The molecule has 0 unspecified atom stereocenters. The van der Waals surface area contributed by atoms with Gasteiger partial charge in [0, 0.05) is 32.2 Å². The predicted molar refractivity (Wildman–Crippen MR) is 95.3 cm³/mol. The van der Waals surface area contributed by atoms with Gasteiger partial charge in [-0.15, -0.1) is 0 Å². The molecular weight excluding hydrogens is 268 g/mol. The summed E-state index contributed by atoms with van der Waals surface area (Å²) >= 11 is 0. The zero-order chi connectivity index (χ0) is 15.2. The second-order valence-electron chi connectivity index (χ2n) is 6.37. The zero-order valence-electron chi connectivity index (χ0n) is 13.7. The summed E-state index contributed by atoms with van der Waals surface area (Å²) in [4.78, 5) is 2.69. The summed E-state index contributed by atoms with van der Waals surface area (Å²) in [5.41, 5.74) is 1.52. The van der Waals surface area contributed by atoms with Gasteiger partial charge in [0.1, 0.15) is 0 Å². The van der Waals surface area contributed by atoms with Crippen molar-refractivity contribution in [3.05, 3.63) is 48.0 Å². The molecule has 1 aliphatic rings. The van der Waals surface area contributed by atoms with Gasteiger partial charge in [0.25, 0.3) is 0 Å². The number of nitrogens with one attached hydrogen (secondary N) is 1. The Bertz CT molecular complexity index is 582. The lowest BCUT2D eigenvalue weighted by Gasteiger charge is -2.36. The standard InChI is InChI=1S/C20H28N2/c1-2-3-4-12-20(22-15-13-21-14-16-22)19-11-7-9-17-8-5-6-10-18(17)19/h5-11,20-21H,2-4,12-16H2,1H3/t20-/m1/s1. The molecule has 2 nitrogen and oxygen atoms in total. The second-order valence-corrected chi connectivity index (χ2v) is 6.37. The first-order chi connectivity index (χ1) is 10.9. The van der Waals surface area contributed by atoms with E-state index in [9.17, 15) is 0 Å². The molecule has 0 aliphatic carbocycles. The van der Waals surface area contributed by atoms with Crippen molar-refractivity contribution in [1.82, 2.24) is 10.2 Å². The highest BCUT2D eigenvalue weighted by molar-refractivity contribution is 5.86. The Morgan fingerprint density at radius 2 is 1.77 bits per heavy atom. The quantitative estimate of drug-likeness (QED) is 0.796. The van der Waals surface area contributed by atoms with Crippen LogP contribution in [0, 0.1) is 0 Å². The molecule has 2 heteroatoms. The molecule has 1 fully saturated rings. The zero-order valence-corrected chi connectivity index (χ0v) is 13.7. The van der Waals surface area contributed by atoms with Crippen molar-refractivity contribution < 1.29 is 0 Å². The van der Waals surface area contributed by atoms with Crippen LogP contribution >= 0.6 is 0 Å². The molecule has 1 atom stereocenters. The van der Waals surface area contributed by atoms with Crippen LogP contribution in [-0.4, -0.2) is 31.1 Å². The number of hydrogen-bond donors (Lipinski definition) is 1. The van der Waals surface area contributed by atoms with Crippen molar-refractivity contribution in [2.45, 2.75) is 38.6 Å². The molecule has 0 amide bonds. The van der Waals surface area contributed by atoms with Crippen LogP contribution in [-0.2, 0) is 0 Å². The lowest BCUT2D eigenvalue weighted by molar-refractivity contribution is 0.164. The minimum absolute atomic E-state index is 0.569. The van der Waals surface area contributed by atoms with Crippen LogP contribution < -0.4 is 5.32 Å². The van der Waals surface area contributed by atoms with Gasteiger partial charge < -0.3 is 5.32 Å². The maximum absolute atomic E-state index is 3.48. The van der Waals surface area contributed by atoms with Gasteiger partial charge in [-0.2, -0.15) is 0 Å². The van der Waals surface area contributed by atoms with Crippen LogP contribution in [0.25, 0.3) is 10.8 Å². The highest BCUT2D eigenvalue weighted by atomic mass is 15.2. The number of hydrogen-bond acceptors (Lipinski definition) is 2. The lowest BCUT2D eigenvalue weighted by Crippen LogP contribution is -2.45. The van der Waals surface area contributed by atoms with Gasteiger partial charge in [0.15, 0.2) is 0 Å². The van der Waals surface area contributed by atoms with Gasteiger partial charge in [-0.1, -0.05) is 68.7 Å². The smallest absolute Gasteiger partial charge is 0.0355 e. The van der Waals surface area contributed by atoms with Crippen LogP contribution in [0.3, 0.4) is 0 Å². The van der Waals surface area contributed by atoms with Crippen LogP contribution in [0.2, 0.25) is 0 Å². The van der Waals surface area contributed by atoms with E-state index in [2.05, 4.69) is 59.6 Å². The molecule has 0 spiro atoms. The molecule has 2 aromatic carbocycles. The summed E-state index contributed by atoms with van der Waals surface area (Å²) in [6, 6.07) is 16.2. The minimum Gasteiger partial charge on any atom is -0.314 e. The van der Waals surface area contributed by atoms with Gasteiger partial charge in [0.2, 0.25) is 0 Å². The van der Waals surface area contributed by atoms with E-state index in [0.717, 1.165) is 13.1 Å². The van der Waals surface area contributed by atoms with E-state index in [0.29, 0.717) is 6.04 Å². The molecule has 118 valence electrons. The Morgan fingerprint density at radius 1 is 1.00 bits per heavy atom. The van der Waals surface area contributed by atoms with Crippen molar-refractivity contribution in [2.75, 3.05) is 26.2 Å². The Balaban J connectivity index is 1.91. The number of nitrogens with zero attached hydrogens (tertiary/aromatic N) is 1. The third kappa shape index (κ3) is 3.50. The normalized spacial score (nSPS) is 17.7. The lowest BCUT2D eigenvalue weighted by atomic mass is 9.93. The van der Waals surface area contributed by atoms with E-state index in [-0.39, 0.29) is 0 Å². The van der Waals surface area contributed by atoms with Crippen LogP contribution in [0.15, 0.2) is 42.5 Å². The minimum atomic E-state index is 0.569. The first-order valence-corrected chi connectivity index (χ1v) is 8.82. The van der Waals surface area contributed by atoms with E-state index in [1.165, 1.54) is 55.1 Å². The van der Waals surface area contributed by atoms with Crippen LogP contribution in [0.1, 0.15) is 44.2 Å². The van der Waals surface area contributed by atoms with Crippen LogP contribution in [0.4, 0.5) is 0 Å². The maximum atomic E-state index is 3.48. The van der Waals surface area contributed by atoms with Crippen LogP contribution in [0.5, 0.6) is 0 Å². The predicted octanol–water partition coefficient (Wildman–Crippen LogP) is 4.37. The largest absolute Gasteiger partial charge is 0.314 e. The molecule has 1 saturated heterocycles. The van der Waals surface area contributed by atoms with Crippen molar-refractivity contribution in [1.29, 1.82) is 0 Å². The maximum Gasteiger partial charge on any atom is 0.0355 e. The van der Waals surface area contributed by atoms with Gasteiger partial charge >= 0.3 is 0 Å². The summed E-state index contributed by atoms with van der Waals surface area (Å²) in [5.74, 6) is 0. The molecule has 0 aromatic heterocycles. The van der Waals surface area contributed by atoms with Gasteiger partial charge in [0.05, 0.1) is 0 Å². The van der Waals surface area contributed by atoms with Gasteiger partial charge in [-0.25, -0.2) is 0 Å². The average molecular weight is 296 g/mol. The number of fused-ring (bicyclic) bond motifs is 1. The Hall–Kier alpha value is -1.38. The van der Waals surface area contributed by atoms with Crippen molar-refractivity contribution in [3.63, 3.8) is 0 Å². The molecule has 1 N–H and O–H groups in total. The number of benzene rings is 2. The topological polar surface area (TPSA) is 15.3 Å². The van der Waals surface area contributed by atoms with E-state index in [1.54, 1.807) is 0 Å². The van der Waals surface area contributed by atoms with E-state index >= 15 is 0 Å². The monoisotopic (exact) mass is 296 g/mol. The van der Waals surface area contributed by atoms with Crippen molar-refractivity contribution in [3.8, 4) is 0 Å². The van der Waals surface area contributed by atoms with E-state index in [4.69, 9.17) is 0 Å². The van der Waals surface area contributed by atoms with Crippen molar-refractivity contribution >= 4 is 10.8 Å². The highest BCUT2D eigenvalue weighted by Crippen LogP contribution is 2.32. The molecule has 22 heavy (non-hydrogen) atoms.